The molecular weight excluding hydrogens is 318 g/mol. The first-order valence-corrected chi connectivity index (χ1v) is 8.82. The fraction of sp³-hybridized carbons (Fsp3) is 0.714. The number of aliphatic hydroxyl groups excluding tert-OH is 3. The molecule has 0 bridgehead atoms. The maximum atomic E-state index is 10.3. The molecule has 0 amide bonds. The number of aliphatic hydroxyl groups is 3. The Hall–Kier alpha value is -1.29. The highest BCUT2D eigenvalue weighted by Crippen LogP contribution is 2.37. The average molecular weight is 339 g/mol. The summed E-state index contributed by atoms with van der Waals surface area (Å²) >= 11 is 1.56. The maximum Gasteiger partial charge on any atom is 0.189 e. The van der Waals surface area contributed by atoms with Crippen LogP contribution in [0.2, 0.25) is 0 Å². The Morgan fingerprint density at radius 1 is 1.35 bits per heavy atom. The molecular formula is C14H21N5O3S. The monoisotopic (exact) mass is 339 g/mol. The molecule has 0 aromatic carbocycles. The van der Waals surface area contributed by atoms with Crippen LogP contribution in [0.3, 0.4) is 0 Å². The molecule has 0 aliphatic heterocycles. The predicted octanol–water partition coefficient (Wildman–Crippen LogP) is 0.389. The molecule has 0 saturated heterocycles. The zero-order valence-corrected chi connectivity index (χ0v) is 13.7. The van der Waals surface area contributed by atoms with Crippen LogP contribution in [0.25, 0.3) is 11.2 Å². The van der Waals surface area contributed by atoms with Crippen molar-refractivity contribution < 1.29 is 15.3 Å². The number of hydrogen-bond acceptors (Lipinski definition) is 8. The van der Waals surface area contributed by atoms with Crippen LogP contribution in [0.4, 0.5) is 0 Å². The van der Waals surface area contributed by atoms with E-state index < -0.39 is 18.2 Å². The molecule has 1 aliphatic rings. The molecule has 2 aromatic rings. The van der Waals surface area contributed by atoms with Gasteiger partial charge in [0.05, 0.1) is 18.3 Å². The summed E-state index contributed by atoms with van der Waals surface area (Å²) in [6, 6.07) is -0.398. The van der Waals surface area contributed by atoms with Gasteiger partial charge in [-0.25, -0.2) is 14.6 Å². The third kappa shape index (κ3) is 3.18. The van der Waals surface area contributed by atoms with E-state index in [0.29, 0.717) is 29.2 Å². The predicted molar refractivity (Wildman–Crippen MR) is 85.0 cm³/mol. The van der Waals surface area contributed by atoms with Crippen molar-refractivity contribution in [2.45, 2.75) is 49.6 Å². The molecule has 1 saturated carbocycles. The molecule has 4 atom stereocenters. The van der Waals surface area contributed by atoms with Crippen molar-refractivity contribution in [2.75, 3.05) is 12.4 Å². The average Bonchev–Trinajstić information content (AvgIpc) is 3.09. The zero-order chi connectivity index (χ0) is 16.4. The number of thioether (sulfide) groups is 1. The van der Waals surface area contributed by atoms with Crippen LogP contribution in [-0.4, -0.2) is 64.8 Å². The van der Waals surface area contributed by atoms with Gasteiger partial charge in [-0.05, 0) is 25.2 Å². The van der Waals surface area contributed by atoms with Crippen molar-refractivity contribution in [1.29, 1.82) is 0 Å². The van der Waals surface area contributed by atoms with Crippen molar-refractivity contribution in [3.8, 4) is 0 Å². The first-order chi connectivity index (χ1) is 11.2. The van der Waals surface area contributed by atoms with E-state index >= 15 is 0 Å². The van der Waals surface area contributed by atoms with E-state index in [1.54, 1.807) is 22.6 Å². The van der Waals surface area contributed by atoms with Gasteiger partial charge in [-0.15, -0.1) is 5.10 Å². The molecule has 9 heteroatoms. The van der Waals surface area contributed by atoms with E-state index in [1.165, 1.54) is 0 Å². The van der Waals surface area contributed by atoms with Gasteiger partial charge < -0.3 is 15.3 Å². The van der Waals surface area contributed by atoms with Crippen LogP contribution in [0.1, 0.15) is 32.2 Å². The Kier molecular flexibility index (Phi) is 5.10. The summed E-state index contributed by atoms with van der Waals surface area (Å²) in [5.74, 6) is 0.770. The minimum absolute atomic E-state index is 0.0146. The van der Waals surface area contributed by atoms with E-state index in [-0.39, 0.29) is 12.5 Å². The molecule has 3 rings (SSSR count). The Balaban J connectivity index is 1.90. The largest absolute Gasteiger partial charge is 0.396 e. The summed E-state index contributed by atoms with van der Waals surface area (Å²) < 4.78 is 1.58. The molecule has 0 radical (unpaired) electrons. The van der Waals surface area contributed by atoms with Crippen molar-refractivity contribution in [2.24, 2.45) is 5.92 Å². The lowest BCUT2D eigenvalue weighted by Gasteiger charge is -2.16. The van der Waals surface area contributed by atoms with Gasteiger partial charge in [0.15, 0.2) is 16.3 Å². The highest BCUT2D eigenvalue weighted by atomic mass is 32.2. The SMILES string of the molecule is CCCSc1ncc2nnn(C3CC(CCO)C(O)[C@H]3O)c2n1. The van der Waals surface area contributed by atoms with Crippen LogP contribution >= 0.6 is 11.8 Å². The highest BCUT2D eigenvalue weighted by Gasteiger charge is 2.43. The summed E-state index contributed by atoms with van der Waals surface area (Å²) in [6.45, 7) is 2.08. The Morgan fingerprint density at radius 3 is 2.91 bits per heavy atom. The van der Waals surface area contributed by atoms with Crippen LogP contribution < -0.4 is 0 Å². The minimum Gasteiger partial charge on any atom is -0.396 e. The number of rotatable bonds is 6. The Bertz CT molecular complexity index is 667. The molecule has 126 valence electrons. The lowest BCUT2D eigenvalue weighted by Crippen LogP contribution is -2.30. The number of hydrogen-bond donors (Lipinski definition) is 3. The minimum atomic E-state index is -0.946. The van der Waals surface area contributed by atoms with Gasteiger partial charge in [-0.3, -0.25) is 0 Å². The summed E-state index contributed by atoms with van der Waals surface area (Å²) in [7, 11) is 0. The smallest absolute Gasteiger partial charge is 0.189 e. The van der Waals surface area contributed by atoms with E-state index in [4.69, 9.17) is 5.11 Å². The molecule has 1 aliphatic carbocycles. The molecule has 23 heavy (non-hydrogen) atoms. The summed E-state index contributed by atoms with van der Waals surface area (Å²) in [6.07, 6.45) is 1.82. The van der Waals surface area contributed by atoms with Crippen LogP contribution in [0.5, 0.6) is 0 Å². The van der Waals surface area contributed by atoms with Gasteiger partial charge in [0.1, 0.15) is 6.10 Å². The highest BCUT2D eigenvalue weighted by molar-refractivity contribution is 7.99. The first-order valence-electron chi connectivity index (χ1n) is 7.83. The fourth-order valence-electron chi connectivity index (χ4n) is 3.01. The first kappa shape index (κ1) is 16.6. The van der Waals surface area contributed by atoms with E-state index in [2.05, 4.69) is 27.2 Å². The molecule has 3 unspecified atom stereocenters. The maximum absolute atomic E-state index is 10.3. The lowest BCUT2D eigenvalue weighted by atomic mass is 10.0. The summed E-state index contributed by atoms with van der Waals surface area (Å²) in [4.78, 5) is 8.75. The van der Waals surface area contributed by atoms with E-state index in [1.807, 2.05) is 0 Å². The van der Waals surface area contributed by atoms with Gasteiger partial charge in [-0.2, -0.15) is 0 Å². The second-order valence-electron chi connectivity index (χ2n) is 5.80. The van der Waals surface area contributed by atoms with Crippen LogP contribution in [0.15, 0.2) is 11.4 Å². The van der Waals surface area contributed by atoms with Crippen LogP contribution in [0, 0.1) is 5.92 Å². The van der Waals surface area contributed by atoms with Gasteiger partial charge in [0.25, 0.3) is 0 Å². The standard InChI is InChI=1S/C14H21N5O3S/c1-2-5-23-14-15-7-9-13(16-14)19(18-17-9)10-6-8(3-4-20)11(21)12(10)22/h7-8,10-12,20-22H,2-6H2,1H3/t8?,10?,11?,12-/m0/s1. The molecule has 2 heterocycles. The fourth-order valence-corrected chi connectivity index (χ4v) is 3.67. The normalized spacial score (nSPS) is 27.8. The van der Waals surface area contributed by atoms with Gasteiger partial charge in [0.2, 0.25) is 0 Å². The van der Waals surface area contributed by atoms with Gasteiger partial charge >= 0.3 is 0 Å². The molecule has 2 aromatic heterocycles. The van der Waals surface area contributed by atoms with Crippen molar-refractivity contribution in [3.63, 3.8) is 0 Å². The summed E-state index contributed by atoms with van der Waals surface area (Å²) in [5, 5.41) is 38.4. The number of nitrogens with zero attached hydrogens (tertiary/aromatic N) is 5. The topological polar surface area (TPSA) is 117 Å². The molecule has 3 N–H and O–H groups in total. The van der Waals surface area contributed by atoms with Crippen molar-refractivity contribution >= 4 is 22.9 Å². The third-order valence-electron chi connectivity index (χ3n) is 4.21. The summed E-state index contributed by atoms with van der Waals surface area (Å²) in [5.41, 5.74) is 1.14. The van der Waals surface area contributed by atoms with Crippen molar-refractivity contribution in [3.05, 3.63) is 6.20 Å². The van der Waals surface area contributed by atoms with Crippen molar-refractivity contribution in [1.82, 2.24) is 25.0 Å². The molecule has 1 fully saturated rings. The Labute approximate surface area is 137 Å². The zero-order valence-electron chi connectivity index (χ0n) is 12.9. The quantitative estimate of drug-likeness (QED) is 0.511. The number of fused-ring (bicyclic) bond motifs is 1. The van der Waals surface area contributed by atoms with E-state index in [9.17, 15) is 10.2 Å². The third-order valence-corrected chi connectivity index (χ3v) is 5.28. The molecule has 0 spiro atoms. The van der Waals surface area contributed by atoms with Crippen LogP contribution in [-0.2, 0) is 0 Å². The Morgan fingerprint density at radius 2 is 2.17 bits per heavy atom. The second-order valence-corrected chi connectivity index (χ2v) is 6.86. The molecule has 8 nitrogen and oxygen atoms in total. The van der Waals surface area contributed by atoms with Gasteiger partial charge in [0, 0.05) is 12.4 Å². The van der Waals surface area contributed by atoms with E-state index in [0.717, 1.165) is 12.2 Å². The van der Waals surface area contributed by atoms with Gasteiger partial charge in [-0.1, -0.05) is 23.9 Å². The lowest BCUT2D eigenvalue weighted by molar-refractivity contribution is 0.00107. The number of aromatic nitrogens is 5. The second kappa shape index (κ2) is 7.08.